The maximum Gasteiger partial charge on any atom is 0.133 e. The molecule has 0 spiro atoms. The standard InChI is InChI=1S/C9H17NO/c1-7(2)10-8-3-5-9(11)6-4-8/h7-8,10H,3-6H2,1-2H3. The van der Waals surface area contributed by atoms with Crippen molar-refractivity contribution in [3.8, 4) is 0 Å². The van der Waals surface area contributed by atoms with Crippen LogP contribution in [0.1, 0.15) is 39.5 Å². The number of nitrogens with one attached hydrogen (secondary N) is 1. The number of ketones is 1. The molecule has 1 aliphatic carbocycles. The Morgan fingerprint density at radius 1 is 1.36 bits per heavy atom. The summed E-state index contributed by atoms with van der Waals surface area (Å²) in [5.74, 6) is 0.437. The molecule has 0 heterocycles. The summed E-state index contributed by atoms with van der Waals surface area (Å²) in [4.78, 5) is 10.9. The minimum Gasteiger partial charge on any atom is -0.312 e. The zero-order valence-corrected chi connectivity index (χ0v) is 7.39. The molecule has 1 aliphatic rings. The van der Waals surface area contributed by atoms with Crippen molar-refractivity contribution in [3.05, 3.63) is 0 Å². The second-order valence-corrected chi connectivity index (χ2v) is 3.63. The molecule has 0 saturated heterocycles. The number of carbonyl (C=O) groups excluding carboxylic acids is 1. The van der Waals surface area contributed by atoms with E-state index in [1.54, 1.807) is 0 Å². The van der Waals surface area contributed by atoms with Gasteiger partial charge in [-0.2, -0.15) is 0 Å². The minimum atomic E-state index is 0.437. The van der Waals surface area contributed by atoms with Gasteiger partial charge in [0.15, 0.2) is 0 Å². The van der Waals surface area contributed by atoms with Gasteiger partial charge in [0.25, 0.3) is 0 Å². The van der Waals surface area contributed by atoms with Gasteiger partial charge in [-0.3, -0.25) is 4.79 Å². The van der Waals surface area contributed by atoms with Gasteiger partial charge in [-0.15, -0.1) is 0 Å². The third-order valence-electron chi connectivity index (χ3n) is 2.11. The molecule has 0 bridgehead atoms. The van der Waals surface area contributed by atoms with Crippen molar-refractivity contribution in [2.75, 3.05) is 0 Å². The van der Waals surface area contributed by atoms with E-state index >= 15 is 0 Å². The van der Waals surface area contributed by atoms with Crippen molar-refractivity contribution in [2.45, 2.75) is 51.6 Å². The number of Topliss-reactive ketones (excluding diaryl/α,β-unsaturated/α-hetero) is 1. The molecule has 11 heavy (non-hydrogen) atoms. The van der Waals surface area contributed by atoms with E-state index in [1.807, 2.05) is 0 Å². The molecule has 0 aromatic carbocycles. The first-order chi connectivity index (χ1) is 5.18. The van der Waals surface area contributed by atoms with Gasteiger partial charge in [0.1, 0.15) is 5.78 Å². The molecule has 0 amide bonds. The van der Waals surface area contributed by atoms with Crippen LogP contribution in [0.4, 0.5) is 0 Å². The number of carbonyl (C=O) groups is 1. The predicted octanol–water partition coefficient (Wildman–Crippen LogP) is 1.50. The Morgan fingerprint density at radius 2 is 1.91 bits per heavy atom. The molecule has 0 aliphatic heterocycles. The van der Waals surface area contributed by atoms with Crippen molar-refractivity contribution in [1.82, 2.24) is 5.32 Å². The summed E-state index contributed by atoms with van der Waals surface area (Å²) in [6.45, 7) is 4.30. The van der Waals surface area contributed by atoms with Crippen LogP contribution in [0.25, 0.3) is 0 Å². The number of hydrogen-bond acceptors (Lipinski definition) is 2. The Hall–Kier alpha value is -0.370. The number of hydrogen-bond donors (Lipinski definition) is 1. The van der Waals surface area contributed by atoms with Crippen LogP contribution < -0.4 is 5.32 Å². The van der Waals surface area contributed by atoms with Crippen LogP contribution in [-0.4, -0.2) is 17.9 Å². The summed E-state index contributed by atoms with van der Waals surface area (Å²) in [5, 5.41) is 3.45. The van der Waals surface area contributed by atoms with Gasteiger partial charge < -0.3 is 5.32 Å². The molecule has 0 aromatic heterocycles. The van der Waals surface area contributed by atoms with E-state index in [9.17, 15) is 4.79 Å². The quantitative estimate of drug-likeness (QED) is 0.654. The third-order valence-corrected chi connectivity index (χ3v) is 2.11. The summed E-state index contributed by atoms with van der Waals surface area (Å²) < 4.78 is 0. The number of rotatable bonds is 2. The molecule has 1 rings (SSSR count). The fourth-order valence-electron chi connectivity index (χ4n) is 1.58. The van der Waals surface area contributed by atoms with Gasteiger partial charge >= 0.3 is 0 Å². The maximum absolute atomic E-state index is 10.9. The highest BCUT2D eigenvalue weighted by Crippen LogP contribution is 2.14. The summed E-state index contributed by atoms with van der Waals surface area (Å²) in [6.07, 6.45) is 3.64. The summed E-state index contributed by atoms with van der Waals surface area (Å²) in [6, 6.07) is 1.14. The van der Waals surface area contributed by atoms with Gasteiger partial charge in [-0.25, -0.2) is 0 Å². The van der Waals surface area contributed by atoms with Gasteiger partial charge in [0.05, 0.1) is 0 Å². The molecular weight excluding hydrogens is 138 g/mol. The molecular formula is C9H17NO. The van der Waals surface area contributed by atoms with E-state index in [4.69, 9.17) is 0 Å². The molecule has 0 aromatic rings. The lowest BCUT2D eigenvalue weighted by molar-refractivity contribution is -0.120. The van der Waals surface area contributed by atoms with E-state index in [0.29, 0.717) is 17.9 Å². The normalized spacial score (nSPS) is 21.2. The summed E-state index contributed by atoms with van der Waals surface area (Å²) in [7, 11) is 0. The Kier molecular flexibility index (Phi) is 3.06. The smallest absolute Gasteiger partial charge is 0.133 e. The largest absolute Gasteiger partial charge is 0.312 e. The van der Waals surface area contributed by atoms with E-state index < -0.39 is 0 Å². The second kappa shape index (κ2) is 3.86. The average molecular weight is 155 g/mol. The predicted molar refractivity (Wildman–Crippen MR) is 45.5 cm³/mol. The van der Waals surface area contributed by atoms with Crippen LogP contribution in [0, 0.1) is 0 Å². The van der Waals surface area contributed by atoms with Crippen molar-refractivity contribution < 1.29 is 4.79 Å². The highest BCUT2D eigenvalue weighted by molar-refractivity contribution is 5.79. The van der Waals surface area contributed by atoms with E-state index in [2.05, 4.69) is 19.2 Å². The molecule has 1 fully saturated rings. The van der Waals surface area contributed by atoms with Crippen LogP contribution >= 0.6 is 0 Å². The van der Waals surface area contributed by atoms with Crippen LogP contribution in [0.15, 0.2) is 0 Å². The van der Waals surface area contributed by atoms with Crippen molar-refractivity contribution >= 4 is 5.78 Å². The Labute approximate surface area is 68.4 Å². The third kappa shape index (κ3) is 3.02. The van der Waals surface area contributed by atoms with Crippen molar-refractivity contribution in [1.29, 1.82) is 0 Å². The zero-order chi connectivity index (χ0) is 8.27. The van der Waals surface area contributed by atoms with Crippen LogP contribution in [-0.2, 0) is 4.79 Å². The van der Waals surface area contributed by atoms with E-state index in [-0.39, 0.29) is 0 Å². The Balaban J connectivity index is 2.22. The first kappa shape index (κ1) is 8.72. The lowest BCUT2D eigenvalue weighted by Crippen LogP contribution is -2.37. The SMILES string of the molecule is CC(C)NC1CCC(=O)CC1. The van der Waals surface area contributed by atoms with E-state index in [0.717, 1.165) is 25.7 Å². The lowest BCUT2D eigenvalue weighted by atomic mass is 9.94. The highest BCUT2D eigenvalue weighted by atomic mass is 16.1. The second-order valence-electron chi connectivity index (χ2n) is 3.63. The molecule has 0 unspecified atom stereocenters. The first-order valence-corrected chi connectivity index (χ1v) is 4.46. The molecule has 0 radical (unpaired) electrons. The monoisotopic (exact) mass is 155 g/mol. The van der Waals surface area contributed by atoms with Crippen LogP contribution in [0.3, 0.4) is 0 Å². The van der Waals surface area contributed by atoms with Crippen LogP contribution in [0.5, 0.6) is 0 Å². The molecule has 0 atom stereocenters. The molecule has 1 saturated carbocycles. The Morgan fingerprint density at radius 3 is 2.36 bits per heavy atom. The zero-order valence-electron chi connectivity index (χ0n) is 7.39. The van der Waals surface area contributed by atoms with Crippen molar-refractivity contribution in [3.63, 3.8) is 0 Å². The summed E-state index contributed by atoms with van der Waals surface area (Å²) in [5.41, 5.74) is 0. The maximum atomic E-state index is 10.9. The van der Waals surface area contributed by atoms with Crippen LogP contribution in [0.2, 0.25) is 0 Å². The Bertz CT molecular complexity index is 132. The highest BCUT2D eigenvalue weighted by Gasteiger charge is 2.18. The van der Waals surface area contributed by atoms with E-state index in [1.165, 1.54) is 0 Å². The van der Waals surface area contributed by atoms with Gasteiger partial charge in [-0.05, 0) is 12.8 Å². The first-order valence-electron chi connectivity index (χ1n) is 4.46. The average Bonchev–Trinajstić information content (AvgIpc) is 1.93. The molecule has 1 N–H and O–H groups in total. The van der Waals surface area contributed by atoms with Gasteiger partial charge in [-0.1, -0.05) is 13.8 Å². The molecule has 2 nitrogen and oxygen atoms in total. The fraction of sp³-hybridized carbons (Fsp3) is 0.889. The summed E-state index contributed by atoms with van der Waals surface area (Å²) >= 11 is 0. The van der Waals surface area contributed by atoms with Gasteiger partial charge in [0, 0.05) is 24.9 Å². The minimum absolute atomic E-state index is 0.437. The fourth-order valence-corrected chi connectivity index (χ4v) is 1.58. The topological polar surface area (TPSA) is 29.1 Å². The lowest BCUT2D eigenvalue weighted by Gasteiger charge is -2.24. The molecule has 2 heteroatoms. The van der Waals surface area contributed by atoms with Crippen molar-refractivity contribution in [2.24, 2.45) is 0 Å². The van der Waals surface area contributed by atoms with Gasteiger partial charge in [0.2, 0.25) is 0 Å². The molecule has 64 valence electrons.